The summed E-state index contributed by atoms with van der Waals surface area (Å²) in [6.45, 7) is 1.83. The fraction of sp³-hybridized carbons (Fsp3) is 0.125. The Kier molecular flexibility index (Phi) is 4.50. The van der Waals surface area contributed by atoms with E-state index in [2.05, 4.69) is 5.32 Å². The minimum atomic E-state index is -0.635. The van der Waals surface area contributed by atoms with Crippen molar-refractivity contribution in [3.63, 3.8) is 0 Å². The molecule has 0 saturated heterocycles. The molecule has 4 nitrogen and oxygen atoms in total. The van der Waals surface area contributed by atoms with Crippen LogP contribution in [0.15, 0.2) is 59.2 Å². The van der Waals surface area contributed by atoms with Gasteiger partial charge in [0.1, 0.15) is 5.76 Å². The lowest BCUT2D eigenvalue weighted by Gasteiger charge is -2.12. The second-order valence-electron chi connectivity index (χ2n) is 4.32. The van der Waals surface area contributed by atoms with Crippen LogP contribution in [0.5, 0.6) is 0 Å². The first-order valence-electron chi connectivity index (χ1n) is 6.28. The zero-order valence-electron chi connectivity index (χ0n) is 11.1. The highest BCUT2D eigenvalue weighted by Crippen LogP contribution is 2.11. The van der Waals surface area contributed by atoms with Crippen molar-refractivity contribution in [3.8, 4) is 0 Å². The van der Waals surface area contributed by atoms with Gasteiger partial charge in [0.05, 0.1) is 12.3 Å². The lowest BCUT2D eigenvalue weighted by atomic mass is 10.1. The van der Waals surface area contributed by atoms with Gasteiger partial charge in [-0.25, -0.2) is 0 Å². The predicted molar refractivity (Wildman–Crippen MR) is 75.7 cm³/mol. The minimum absolute atomic E-state index is 0.218. The average Bonchev–Trinajstić information content (AvgIpc) is 2.98. The summed E-state index contributed by atoms with van der Waals surface area (Å²) in [5.41, 5.74) is 0.948. The van der Waals surface area contributed by atoms with Crippen molar-refractivity contribution >= 4 is 17.8 Å². The van der Waals surface area contributed by atoms with Gasteiger partial charge in [-0.1, -0.05) is 30.3 Å². The van der Waals surface area contributed by atoms with Crippen molar-refractivity contribution in [1.82, 2.24) is 5.32 Å². The van der Waals surface area contributed by atoms with Crippen molar-refractivity contribution in [2.75, 3.05) is 0 Å². The van der Waals surface area contributed by atoms with Gasteiger partial charge in [-0.05, 0) is 36.8 Å². The molecular weight excluding hydrogens is 254 g/mol. The first kappa shape index (κ1) is 13.8. The van der Waals surface area contributed by atoms with Gasteiger partial charge in [-0.2, -0.15) is 0 Å². The Morgan fingerprint density at radius 2 is 1.90 bits per heavy atom. The number of nitrogens with one attached hydrogen (secondary N) is 1. The molecule has 102 valence electrons. The Morgan fingerprint density at radius 3 is 2.55 bits per heavy atom. The summed E-state index contributed by atoms with van der Waals surface area (Å²) in [6, 6.07) is 12.7. The van der Waals surface area contributed by atoms with Crippen molar-refractivity contribution in [2.24, 2.45) is 0 Å². The third kappa shape index (κ3) is 3.68. The Morgan fingerprint density at radius 1 is 1.15 bits per heavy atom. The van der Waals surface area contributed by atoms with Crippen LogP contribution in [0.1, 0.15) is 24.3 Å². The number of hydrogen-bond acceptors (Lipinski definition) is 3. The van der Waals surface area contributed by atoms with Gasteiger partial charge in [0.15, 0.2) is 0 Å². The summed E-state index contributed by atoms with van der Waals surface area (Å²) in [5.74, 6) is -0.712. The molecule has 1 heterocycles. The number of carbonyl (C=O) groups is 2. The largest absolute Gasteiger partial charge is 0.465 e. The fourth-order valence-corrected chi connectivity index (χ4v) is 1.71. The molecule has 0 unspecified atom stereocenters. The van der Waals surface area contributed by atoms with Crippen LogP contribution in [0.3, 0.4) is 0 Å². The van der Waals surface area contributed by atoms with Crippen LogP contribution >= 0.6 is 0 Å². The van der Waals surface area contributed by atoms with Gasteiger partial charge in [0, 0.05) is 0 Å². The molecule has 0 aliphatic heterocycles. The highest BCUT2D eigenvalue weighted by atomic mass is 16.3. The molecular formula is C16H15NO3. The number of amides is 1. The summed E-state index contributed by atoms with van der Waals surface area (Å²) in [6.07, 6.45) is 4.17. The van der Waals surface area contributed by atoms with E-state index in [1.165, 1.54) is 18.4 Å². The molecule has 1 aromatic carbocycles. The zero-order chi connectivity index (χ0) is 14.4. The highest BCUT2D eigenvalue weighted by Gasteiger charge is 2.14. The van der Waals surface area contributed by atoms with Gasteiger partial charge >= 0.3 is 0 Å². The number of hydrogen-bond donors (Lipinski definition) is 1. The Labute approximate surface area is 117 Å². The van der Waals surface area contributed by atoms with E-state index in [0.29, 0.717) is 5.76 Å². The Balaban J connectivity index is 1.93. The van der Waals surface area contributed by atoms with Crippen molar-refractivity contribution in [1.29, 1.82) is 0 Å². The van der Waals surface area contributed by atoms with Gasteiger partial charge in [-0.3, -0.25) is 9.59 Å². The monoisotopic (exact) mass is 269 g/mol. The van der Waals surface area contributed by atoms with E-state index < -0.39 is 11.7 Å². The molecule has 2 aromatic rings. The number of carbonyl (C=O) groups excluding carboxylic acids is 2. The van der Waals surface area contributed by atoms with Crippen molar-refractivity contribution in [3.05, 3.63) is 66.1 Å². The van der Waals surface area contributed by atoms with Gasteiger partial charge in [-0.15, -0.1) is 0 Å². The lowest BCUT2D eigenvalue weighted by Crippen LogP contribution is -2.32. The molecule has 4 heteroatoms. The molecule has 0 fully saturated rings. The number of benzene rings is 1. The second kappa shape index (κ2) is 6.52. The SMILES string of the molecule is C[C@H](NC(=O)C(=O)/C=C/c1ccco1)c1ccccc1. The van der Waals surface area contributed by atoms with Crippen LogP contribution in [-0.2, 0) is 9.59 Å². The number of ketones is 1. The predicted octanol–water partition coefficient (Wildman–Crippen LogP) is 2.74. The smallest absolute Gasteiger partial charge is 0.292 e. The first-order chi connectivity index (χ1) is 9.66. The Bertz CT molecular complexity index is 600. The molecule has 0 spiro atoms. The lowest BCUT2D eigenvalue weighted by molar-refractivity contribution is -0.135. The van der Waals surface area contributed by atoms with Crippen LogP contribution in [0.4, 0.5) is 0 Å². The summed E-state index contributed by atoms with van der Waals surface area (Å²) in [7, 11) is 0. The molecule has 0 bridgehead atoms. The maximum atomic E-state index is 11.7. The number of rotatable bonds is 5. The van der Waals surface area contributed by atoms with Crippen molar-refractivity contribution in [2.45, 2.75) is 13.0 Å². The third-order valence-electron chi connectivity index (χ3n) is 2.81. The normalized spacial score (nSPS) is 12.2. The standard InChI is InChI=1S/C16H15NO3/c1-12(13-6-3-2-4-7-13)17-16(19)15(18)10-9-14-8-5-11-20-14/h2-12H,1H3,(H,17,19)/b10-9+/t12-/m0/s1. The van der Waals surface area contributed by atoms with Crippen LogP contribution < -0.4 is 5.32 Å². The van der Waals surface area contributed by atoms with Crippen LogP contribution in [0.2, 0.25) is 0 Å². The van der Waals surface area contributed by atoms with E-state index in [0.717, 1.165) is 5.56 Å². The fourth-order valence-electron chi connectivity index (χ4n) is 1.71. The molecule has 1 N–H and O–H groups in total. The van der Waals surface area contributed by atoms with Gasteiger partial charge < -0.3 is 9.73 Å². The average molecular weight is 269 g/mol. The molecule has 0 aliphatic carbocycles. The van der Waals surface area contributed by atoms with E-state index in [4.69, 9.17) is 4.42 Å². The van der Waals surface area contributed by atoms with Crippen molar-refractivity contribution < 1.29 is 14.0 Å². The van der Waals surface area contributed by atoms with Crippen LogP contribution in [0.25, 0.3) is 6.08 Å². The van der Waals surface area contributed by atoms with Crippen LogP contribution in [0, 0.1) is 0 Å². The molecule has 1 amide bonds. The minimum Gasteiger partial charge on any atom is -0.465 e. The van der Waals surface area contributed by atoms with E-state index in [1.807, 2.05) is 37.3 Å². The van der Waals surface area contributed by atoms with Crippen LogP contribution in [-0.4, -0.2) is 11.7 Å². The molecule has 0 aliphatic rings. The second-order valence-corrected chi connectivity index (χ2v) is 4.32. The van der Waals surface area contributed by atoms with Gasteiger partial charge in [0.2, 0.25) is 5.78 Å². The van der Waals surface area contributed by atoms with E-state index in [1.54, 1.807) is 12.1 Å². The maximum Gasteiger partial charge on any atom is 0.292 e. The molecule has 0 radical (unpaired) electrons. The van der Waals surface area contributed by atoms with Gasteiger partial charge in [0.25, 0.3) is 5.91 Å². The summed E-state index contributed by atoms with van der Waals surface area (Å²) < 4.78 is 5.04. The number of furan rings is 1. The zero-order valence-corrected chi connectivity index (χ0v) is 11.1. The summed E-state index contributed by atoms with van der Waals surface area (Å²) >= 11 is 0. The topological polar surface area (TPSA) is 59.3 Å². The molecule has 2 rings (SSSR count). The maximum absolute atomic E-state index is 11.7. The summed E-state index contributed by atoms with van der Waals surface area (Å²) in [5, 5.41) is 2.66. The third-order valence-corrected chi connectivity index (χ3v) is 2.81. The first-order valence-corrected chi connectivity index (χ1v) is 6.28. The van der Waals surface area contributed by atoms with E-state index >= 15 is 0 Å². The molecule has 0 saturated carbocycles. The Hall–Kier alpha value is -2.62. The summed E-state index contributed by atoms with van der Waals surface area (Å²) in [4.78, 5) is 23.4. The molecule has 1 atom stereocenters. The quantitative estimate of drug-likeness (QED) is 0.670. The molecule has 20 heavy (non-hydrogen) atoms. The molecule has 1 aromatic heterocycles. The van der Waals surface area contributed by atoms with E-state index in [9.17, 15) is 9.59 Å². The highest BCUT2D eigenvalue weighted by molar-refractivity contribution is 6.41. The van der Waals surface area contributed by atoms with E-state index in [-0.39, 0.29) is 6.04 Å².